The Morgan fingerprint density at radius 2 is 2.18 bits per heavy atom. The van der Waals surface area contributed by atoms with Crippen molar-refractivity contribution in [3.8, 4) is 0 Å². The van der Waals surface area contributed by atoms with Crippen molar-refractivity contribution < 1.29 is 9.90 Å². The molecule has 88 valence electrons. The average molecular weight is 231 g/mol. The standard InChI is InChI=1S/C12H13N3O2/c13-9(11(16)17)12(5-6-12)10-7-3-1-2-4-8(7)14-15-10/h1-4,9H,5-6,13H2,(H,14,15)(H,16,17). The number of carbonyl (C=O) groups is 1. The number of nitrogens with two attached hydrogens (primary N) is 1. The zero-order chi connectivity index (χ0) is 12.0. The molecule has 0 aliphatic heterocycles. The first kappa shape index (κ1) is 10.3. The second-order valence-corrected chi connectivity index (χ2v) is 4.59. The van der Waals surface area contributed by atoms with E-state index in [0.717, 1.165) is 29.4 Å². The summed E-state index contributed by atoms with van der Waals surface area (Å²) in [5.41, 5.74) is 7.05. The minimum atomic E-state index is -0.957. The van der Waals surface area contributed by atoms with Gasteiger partial charge in [-0.1, -0.05) is 18.2 Å². The highest BCUT2D eigenvalue weighted by atomic mass is 16.4. The zero-order valence-corrected chi connectivity index (χ0v) is 9.18. The summed E-state index contributed by atoms with van der Waals surface area (Å²) in [5, 5.41) is 17.2. The molecule has 1 aliphatic rings. The summed E-state index contributed by atoms with van der Waals surface area (Å²) in [5.74, 6) is -0.957. The molecule has 2 aromatic rings. The minimum Gasteiger partial charge on any atom is -0.480 e. The van der Waals surface area contributed by atoms with Crippen molar-refractivity contribution in [2.45, 2.75) is 24.3 Å². The second-order valence-electron chi connectivity index (χ2n) is 4.59. The van der Waals surface area contributed by atoms with Crippen LogP contribution in [0, 0.1) is 0 Å². The number of aromatic amines is 1. The molecule has 1 aliphatic carbocycles. The maximum atomic E-state index is 11.1. The predicted octanol–water partition coefficient (Wildman–Crippen LogP) is 1.01. The zero-order valence-electron chi connectivity index (χ0n) is 9.18. The molecule has 0 saturated heterocycles. The van der Waals surface area contributed by atoms with Crippen LogP contribution in [-0.4, -0.2) is 27.3 Å². The number of hydrogen-bond donors (Lipinski definition) is 3. The summed E-state index contributed by atoms with van der Waals surface area (Å²) in [6.45, 7) is 0. The highest BCUT2D eigenvalue weighted by molar-refractivity contribution is 5.85. The lowest BCUT2D eigenvalue weighted by molar-refractivity contribution is -0.139. The van der Waals surface area contributed by atoms with Crippen molar-refractivity contribution in [1.82, 2.24) is 10.2 Å². The molecule has 3 rings (SSSR count). The fourth-order valence-electron chi connectivity index (χ4n) is 2.43. The fraction of sp³-hybridized carbons (Fsp3) is 0.333. The average Bonchev–Trinajstić information content (AvgIpc) is 3.02. The van der Waals surface area contributed by atoms with E-state index < -0.39 is 17.4 Å². The molecule has 0 radical (unpaired) electrons. The topological polar surface area (TPSA) is 92.0 Å². The van der Waals surface area contributed by atoms with Gasteiger partial charge in [0, 0.05) is 10.8 Å². The van der Waals surface area contributed by atoms with Crippen LogP contribution < -0.4 is 5.73 Å². The van der Waals surface area contributed by atoms with E-state index in [4.69, 9.17) is 10.8 Å². The van der Waals surface area contributed by atoms with Crippen molar-refractivity contribution in [1.29, 1.82) is 0 Å². The number of aromatic nitrogens is 2. The van der Waals surface area contributed by atoms with Gasteiger partial charge in [0.1, 0.15) is 6.04 Å². The van der Waals surface area contributed by atoms with Crippen LogP contribution in [-0.2, 0) is 10.2 Å². The van der Waals surface area contributed by atoms with E-state index in [0.29, 0.717) is 0 Å². The number of nitrogens with zero attached hydrogens (tertiary/aromatic N) is 1. The summed E-state index contributed by atoms with van der Waals surface area (Å²) < 4.78 is 0. The van der Waals surface area contributed by atoms with Crippen molar-refractivity contribution in [2.75, 3.05) is 0 Å². The lowest BCUT2D eigenvalue weighted by atomic mass is 9.91. The molecule has 1 aromatic heterocycles. The second kappa shape index (κ2) is 3.30. The summed E-state index contributed by atoms with van der Waals surface area (Å²) >= 11 is 0. The number of para-hydroxylation sites is 1. The van der Waals surface area contributed by atoms with Gasteiger partial charge in [-0.3, -0.25) is 9.89 Å². The van der Waals surface area contributed by atoms with Crippen molar-refractivity contribution in [2.24, 2.45) is 5.73 Å². The molecule has 0 spiro atoms. The van der Waals surface area contributed by atoms with Crippen LogP contribution >= 0.6 is 0 Å². The maximum absolute atomic E-state index is 11.1. The Balaban J connectivity index is 2.13. The Hall–Kier alpha value is -1.88. The first-order valence-corrected chi connectivity index (χ1v) is 5.57. The molecule has 5 heteroatoms. The molecule has 0 amide bonds. The van der Waals surface area contributed by atoms with Crippen LogP contribution in [0.15, 0.2) is 24.3 Å². The molecule has 1 atom stereocenters. The van der Waals surface area contributed by atoms with Crippen molar-refractivity contribution in [3.05, 3.63) is 30.0 Å². The van der Waals surface area contributed by atoms with Gasteiger partial charge in [0.15, 0.2) is 0 Å². The Bertz CT molecular complexity index is 586. The summed E-state index contributed by atoms with van der Waals surface area (Å²) in [7, 11) is 0. The van der Waals surface area contributed by atoms with Crippen LogP contribution in [0.3, 0.4) is 0 Å². The Morgan fingerprint density at radius 3 is 2.82 bits per heavy atom. The summed E-state index contributed by atoms with van der Waals surface area (Å²) in [6, 6.07) is 6.81. The van der Waals surface area contributed by atoms with Gasteiger partial charge in [-0.15, -0.1) is 0 Å². The lowest BCUT2D eigenvalue weighted by Gasteiger charge is -2.18. The molecule has 1 unspecified atom stereocenters. The number of carboxylic acid groups (broad SMARTS) is 1. The van der Waals surface area contributed by atoms with E-state index in [2.05, 4.69) is 10.2 Å². The molecular weight excluding hydrogens is 218 g/mol. The number of benzene rings is 1. The normalized spacial score (nSPS) is 19.1. The highest BCUT2D eigenvalue weighted by Gasteiger charge is 2.54. The molecule has 5 nitrogen and oxygen atoms in total. The number of hydrogen-bond acceptors (Lipinski definition) is 3. The van der Waals surface area contributed by atoms with Gasteiger partial charge in [0.2, 0.25) is 0 Å². The number of nitrogens with one attached hydrogen (secondary N) is 1. The predicted molar refractivity (Wildman–Crippen MR) is 62.6 cm³/mol. The van der Waals surface area contributed by atoms with Gasteiger partial charge in [-0.2, -0.15) is 5.10 Å². The van der Waals surface area contributed by atoms with Gasteiger partial charge in [-0.25, -0.2) is 0 Å². The van der Waals surface area contributed by atoms with Gasteiger partial charge >= 0.3 is 5.97 Å². The van der Waals surface area contributed by atoms with Crippen LogP contribution in [0.1, 0.15) is 18.5 Å². The first-order valence-electron chi connectivity index (χ1n) is 5.57. The number of fused-ring (bicyclic) bond motifs is 1. The molecule has 0 bridgehead atoms. The van der Waals surface area contributed by atoms with E-state index in [1.165, 1.54) is 0 Å². The third-order valence-corrected chi connectivity index (χ3v) is 3.61. The molecule has 1 saturated carbocycles. The number of carboxylic acids is 1. The lowest BCUT2D eigenvalue weighted by Crippen LogP contribution is -2.42. The molecular formula is C12H13N3O2. The Morgan fingerprint density at radius 1 is 1.47 bits per heavy atom. The van der Waals surface area contributed by atoms with Gasteiger partial charge in [-0.05, 0) is 18.9 Å². The quantitative estimate of drug-likeness (QED) is 0.735. The monoisotopic (exact) mass is 231 g/mol. The minimum absolute atomic E-state index is 0.456. The summed E-state index contributed by atoms with van der Waals surface area (Å²) in [4.78, 5) is 11.1. The molecule has 1 heterocycles. The Kier molecular flexibility index (Phi) is 2.00. The van der Waals surface area contributed by atoms with E-state index >= 15 is 0 Å². The maximum Gasteiger partial charge on any atom is 0.321 e. The number of rotatable bonds is 3. The molecule has 1 fully saturated rings. The van der Waals surface area contributed by atoms with Crippen LogP contribution in [0.2, 0.25) is 0 Å². The van der Waals surface area contributed by atoms with Gasteiger partial charge < -0.3 is 10.8 Å². The smallest absolute Gasteiger partial charge is 0.321 e. The van der Waals surface area contributed by atoms with E-state index in [1.54, 1.807) is 0 Å². The first-order chi connectivity index (χ1) is 8.15. The van der Waals surface area contributed by atoms with Crippen molar-refractivity contribution in [3.63, 3.8) is 0 Å². The molecule has 17 heavy (non-hydrogen) atoms. The van der Waals surface area contributed by atoms with Crippen LogP contribution in [0.4, 0.5) is 0 Å². The van der Waals surface area contributed by atoms with E-state index in [1.807, 2.05) is 24.3 Å². The number of H-pyrrole nitrogens is 1. The third kappa shape index (κ3) is 1.36. The third-order valence-electron chi connectivity index (χ3n) is 3.61. The number of aliphatic carboxylic acids is 1. The van der Waals surface area contributed by atoms with Gasteiger partial charge in [0.05, 0.1) is 11.2 Å². The highest BCUT2D eigenvalue weighted by Crippen LogP contribution is 2.51. The molecule has 1 aromatic carbocycles. The SMILES string of the molecule is NC(C(=O)O)C1(c2[nH]nc3ccccc23)CC1. The Labute approximate surface area is 97.6 Å². The van der Waals surface area contributed by atoms with Crippen LogP contribution in [0.25, 0.3) is 10.9 Å². The van der Waals surface area contributed by atoms with Crippen LogP contribution in [0.5, 0.6) is 0 Å². The summed E-state index contributed by atoms with van der Waals surface area (Å²) in [6.07, 6.45) is 1.60. The van der Waals surface area contributed by atoms with E-state index in [9.17, 15) is 4.79 Å². The fourth-order valence-corrected chi connectivity index (χ4v) is 2.43. The van der Waals surface area contributed by atoms with E-state index in [-0.39, 0.29) is 0 Å². The largest absolute Gasteiger partial charge is 0.480 e. The van der Waals surface area contributed by atoms with Crippen molar-refractivity contribution >= 4 is 16.9 Å². The molecule has 4 N–H and O–H groups in total. The van der Waals surface area contributed by atoms with Gasteiger partial charge in [0.25, 0.3) is 0 Å².